The van der Waals surface area contributed by atoms with Crippen LogP contribution >= 0.6 is 0 Å². The van der Waals surface area contributed by atoms with Crippen LogP contribution in [0.1, 0.15) is 67.1 Å². The Hall–Kier alpha value is -1.59. The van der Waals surface area contributed by atoms with Gasteiger partial charge in [0, 0.05) is 5.92 Å². The lowest BCUT2D eigenvalue weighted by Crippen LogP contribution is -2.41. The second kappa shape index (κ2) is 6.24. The third-order valence-corrected chi connectivity index (χ3v) is 6.05. The van der Waals surface area contributed by atoms with E-state index in [1.165, 1.54) is 0 Å². The van der Waals surface area contributed by atoms with E-state index in [0.29, 0.717) is 5.92 Å². The number of aromatic nitrogens is 2. The van der Waals surface area contributed by atoms with Gasteiger partial charge in [-0.25, -0.2) is 4.98 Å². The average Bonchev–Trinajstić information content (AvgIpc) is 3.09. The largest absolute Gasteiger partial charge is 0.494 e. The molecule has 1 aromatic heterocycles. The van der Waals surface area contributed by atoms with Crippen LogP contribution in [-0.2, 0) is 9.31 Å². The average molecular weight is 354 g/mol. The minimum Gasteiger partial charge on any atom is -0.399 e. The molecule has 0 aliphatic carbocycles. The van der Waals surface area contributed by atoms with Crippen LogP contribution in [0, 0.1) is 5.41 Å². The number of hydrogen-bond acceptors (Lipinski definition) is 3. The van der Waals surface area contributed by atoms with Gasteiger partial charge < -0.3 is 14.3 Å². The Balaban J connectivity index is 1.78. The molecule has 0 unspecified atom stereocenters. The highest BCUT2D eigenvalue weighted by molar-refractivity contribution is 6.62. The molecule has 1 aliphatic heterocycles. The number of hydrogen-bond donors (Lipinski definition) is 1. The van der Waals surface area contributed by atoms with Gasteiger partial charge in [0.25, 0.3) is 0 Å². The molecule has 5 heteroatoms. The van der Waals surface area contributed by atoms with Gasteiger partial charge in [0.1, 0.15) is 5.82 Å². The molecule has 1 fully saturated rings. The summed E-state index contributed by atoms with van der Waals surface area (Å²) in [6.07, 6.45) is 1.92. The number of nitrogens with one attached hydrogen (secondary N) is 1. The number of H-pyrrole nitrogens is 1. The van der Waals surface area contributed by atoms with Crippen molar-refractivity contribution >= 4 is 12.6 Å². The minimum absolute atomic E-state index is 0.176. The van der Waals surface area contributed by atoms with Crippen molar-refractivity contribution in [3.8, 4) is 11.3 Å². The van der Waals surface area contributed by atoms with Gasteiger partial charge in [-0.1, -0.05) is 52.0 Å². The normalized spacial score (nSPS) is 20.4. The third-order valence-electron chi connectivity index (χ3n) is 6.05. The van der Waals surface area contributed by atoms with Crippen molar-refractivity contribution in [1.29, 1.82) is 0 Å². The Morgan fingerprint density at radius 3 is 2.04 bits per heavy atom. The zero-order chi connectivity index (χ0) is 19.3. The van der Waals surface area contributed by atoms with Gasteiger partial charge in [-0.05, 0) is 44.1 Å². The van der Waals surface area contributed by atoms with E-state index in [9.17, 15) is 0 Å². The fourth-order valence-corrected chi connectivity index (χ4v) is 2.91. The topological polar surface area (TPSA) is 47.1 Å². The molecule has 1 N–H and O–H groups in total. The first-order valence-electron chi connectivity index (χ1n) is 9.41. The molecule has 0 bridgehead atoms. The minimum atomic E-state index is -0.327. The first-order valence-corrected chi connectivity index (χ1v) is 9.41. The lowest BCUT2D eigenvalue weighted by Gasteiger charge is -2.32. The molecule has 4 nitrogen and oxygen atoms in total. The Bertz CT molecular complexity index is 756. The Kier molecular flexibility index (Phi) is 4.61. The first kappa shape index (κ1) is 19.2. The summed E-state index contributed by atoms with van der Waals surface area (Å²) in [5.74, 6) is 1.39. The predicted octanol–water partition coefficient (Wildman–Crippen LogP) is 4.53. The van der Waals surface area contributed by atoms with E-state index in [0.717, 1.165) is 22.5 Å². The van der Waals surface area contributed by atoms with Gasteiger partial charge in [0.05, 0.1) is 23.1 Å². The maximum atomic E-state index is 6.13. The summed E-state index contributed by atoms with van der Waals surface area (Å²) in [6, 6.07) is 8.34. The number of aromatic amines is 1. The molecule has 0 spiro atoms. The highest BCUT2D eigenvalue weighted by Gasteiger charge is 2.51. The fraction of sp³-hybridized carbons (Fsp3) is 0.571. The molecule has 1 aromatic carbocycles. The van der Waals surface area contributed by atoms with E-state index < -0.39 is 0 Å². The van der Waals surface area contributed by atoms with Crippen LogP contribution in [-0.4, -0.2) is 28.3 Å². The molecule has 140 valence electrons. The van der Waals surface area contributed by atoms with Crippen LogP contribution in [0.4, 0.5) is 0 Å². The van der Waals surface area contributed by atoms with Crippen molar-refractivity contribution in [3.05, 3.63) is 36.3 Å². The van der Waals surface area contributed by atoms with E-state index in [1.54, 1.807) is 0 Å². The number of nitrogens with zero attached hydrogens (tertiary/aromatic N) is 1. The van der Waals surface area contributed by atoms with Gasteiger partial charge in [-0.3, -0.25) is 0 Å². The van der Waals surface area contributed by atoms with E-state index in [1.807, 2.05) is 6.20 Å². The summed E-state index contributed by atoms with van der Waals surface area (Å²) in [7, 11) is -0.327. The molecule has 1 aliphatic rings. The van der Waals surface area contributed by atoms with Crippen LogP contribution in [0.15, 0.2) is 30.5 Å². The van der Waals surface area contributed by atoms with Crippen LogP contribution in [0.5, 0.6) is 0 Å². The molecule has 26 heavy (non-hydrogen) atoms. The second-order valence-corrected chi connectivity index (χ2v) is 9.48. The summed E-state index contributed by atoms with van der Waals surface area (Å²) < 4.78 is 12.3. The van der Waals surface area contributed by atoms with E-state index in [-0.39, 0.29) is 23.7 Å². The van der Waals surface area contributed by atoms with Gasteiger partial charge in [0.2, 0.25) is 0 Å². The molecule has 0 radical (unpaired) electrons. The van der Waals surface area contributed by atoms with Gasteiger partial charge in [-0.15, -0.1) is 0 Å². The van der Waals surface area contributed by atoms with Gasteiger partial charge >= 0.3 is 7.12 Å². The maximum Gasteiger partial charge on any atom is 0.494 e. The van der Waals surface area contributed by atoms with Crippen LogP contribution in [0.2, 0.25) is 0 Å². The van der Waals surface area contributed by atoms with E-state index in [2.05, 4.69) is 89.6 Å². The van der Waals surface area contributed by atoms with Gasteiger partial charge in [-0.2, -0.15) is 0 Å². The molecule has 2 heterocycles. The quantitative estimate of drug-likeness (QED) is 0.824. The standard InChI is InChI=1S/C21H31BN2O2/c1-14(19(2,3)4)18-23-13-17(24-18)15-9-11-16(12-10-15)22-25-20(5,6)21(7,8)26-22/h9-14H,1-8H3,(H,23,24)/t14-/m1/s1. The number of rotatable bonds is 3. The summed E-state index contributed by atoms with van der Waals surface area (Å²) in [4.78, 5) is 8.07. The summed E-state index contributed by atoms with van der Waals surface area (Å²) in [5.41, 5.74) is 2.72. The van der Waals surface area contributed by atoms with Crippen molar-refractivity contribution in [3.63, 3.8) is 0 Å². The molecule has 0 amide bonds. The Labute approximate surface area is 157 Å². The highest BCUT2D eigenvalue weighted by Crippen LogP contribution is 2.37. The monoisotopic (exact) mass is 354 g/mol. The van der Waals surface area contributed by atoms with E-state index in [4.69, 9.17) is 9.31 Å². The van der Waals surface area contributed by atoms with E-state index >= 15 is 0 Å². The lowest BCUT2D eigenvalue weighted by atomic mass is 9.79. The summed E-state index contributed by atoms with van der Waals surface area (Å²) in [6.45, 7) is 17.2. The van der Waals surface area contributed by atoms with Crippen molar-refractivity contribution < 1.29 is 9.31 Å². The molecule has 1 atom stereocenters. The Morgan fingerprint density at radius 1 is 1.00 bits per heavy atom. The molecule has 0 saturated carbocycles. The van der Waals surface area contributed by atoms with Crippen LogP contribution in [0.3, 0.4) is 0 Å². The Morgan fingerprint density at radius 2 is 1.54 bits per heavy atom. The number of benzene rings is 1. The van der Waals surface area contributed by atoms with Crippen molar-refractivity contribution in [2.45, 2.75) is 72.5 Å². The lowest BCUT2D eigenvalue weighted by molar-refractivity contribution is 0.00578. The molecule has 2 aromatic rings. The highest BCUT2D eigenvalue weighted by atomic mass is 16.7. The third kappa shape index (κ3) is 3.47. The van der Waals surface area contributed by atoms with Gasteiger partial charge in [0.15, 0.2) is 0 Å². The second-order valence-electron chi connectivity index (χ2n) is 9.48. The predicted molar refractivity (Wildman–Crippen MR) is 108 cm³/mol. The van der Waals surface area contributed by atoms with Crippen molar-refractivity contribution in [2.24, 2.45) is 5.41 Å². The zero-order valence-electron chi connectivity index (χ0n) is 17.3. The van der Waals surface area contributed by atoms with Crippen molar-refractivity contribution in [1.82, 2.24) is 9.97 Å². The smallest absolute Gasteiger partial charge is 0.399 e. The fourth-order valence-electron chi connectivity index (χ4n) is 2.91. The molecular formula is C21H31BN2O2. The molecule has 3 rings (SSSR count). The van der Waals surface area contributed by atoms with Crippen LogP contribution < -0.4 is 5.46 Å². The number of imidazole rings is 1. The maximum absolute atomic E-state index is 6.13. The summed E-state index contributed by atoms with van der Waals surface area (Å²) >= 11 is 0. The first-order chi connectivity index (χ1) is 11.9. The SMILES string of the molecule is C[C@H](c1ncc(-c2ccc(B3OC(C)(C)C(C)(C)O3)cc2)[nH]1)C(C)(C)C. The molecular weight excluding hydrogens is 323 g/mol. The van der Waals surface area contributed by atoms with Crippen molar-refractivity contribution in [2.75, 3.05) is 0 Å². The molecule has 1 saturated heterocycles. The van der Waals surface area contributed by atoms with Crippen LogP contribution in [0.25, 0.3) is 11.3 Å². The summed E-state index contributed by atoms with van der Waals surface area (Å²) in [5, 5.41) is 0. The zero-order valence-corrected chi connectivity index (χ0v) is 17.3.